The highest BCUT2D eigenvalue weighted by atomic mass is 127. The summed E-state index contributed by atoms with van der Waals surface area (Å²) in [6, 6.07) is 13.8. The maximum Gasteiger partial charge on any atom is 0.191 e. The maximum atomic E-state index is 5.36. The minimum absolute atomic E-state index is 0. The molecule has 2 aromatic rings. The molecule has 1 heterocycles. The Morgan fingerprint density at radius 3 is 2.54 bits per heavy atom. The first-order valence-electron chi connectivity index (χ1n) is 8.55. The average Bonchev–Trinajstić information content (AvgIpc) is 2.68. The lowest BCUT2D eigenvalue weighted by atomic mass is 10.2. The molecule has 0 unspecified atom stereocenters. The molecule has 0 fully saturated rings. The van der Waals surface area contributed by atoms with E-state index in [-0.39, 0.29) is 24.0 Å². The Bertz CT molecular complexity index is 651. The third-order valence-corrected chi connectivity index (χ3v) is 3.73. The summed E-state index contributed by atoms with van der Waals surface area (Å²) in [7, 11) is 3.46. The minimum atomic E-state index is 0. The summed E-state index contributed by atoms with van der Waals surface area (Å²) in [5.74, 6) is 2.60. The fourth-order valence-corrected chi connectivity index (χ4v) is 2.39. The molecule has 2 rings (SSSR count). The van der Waals surface area contributed by atoms with Gasteiger partial charge in [-0.15, -0.1) is 24.0 Å². The maximum absolute atomic E-state index is 5.36. The molecular formula is C19H28IN5O. The van der Waals surface area contributed by atoms with Gasteiger partial charge in [0.1, 0.15) is 11.6 Å². The predicted molar refractivity (Wildman–Crippen MR) is 119 cm³/mol. The number of anilines is 1. The summed E-state index contributed by atoms with van der Waals surface area (Å²) in [6.45, 7) is 2.45. The van der Waals surface area contributed by atoms with Gasteiger partial charge in [0.2, 0.25) is 0 Å². The van der Waals surface area contributed by atoms with Crippen molar-refractivity contribution in [2.24, 2.45) is 4.99 Å². The van der Waals surface area contributed by atoms with Crippen LogP contribution in [0.2, 0.25) is 0 Å². The molecule has 6 nitrogen and oxygen atoms in total. The van der Waals surface area contributed by atoms with E-state index in [1.54, 1.807) is 20.4 Å². The van der Waals surface area contributed by atoms with Crippen LogP contribution in [0.3, 0.4) is 0 Å². The normalized spacial score (nSPS) is 10.6. The van der Waals surface area contributed by atoms with Gasteiger partial charge >= 0.3 is 0 Å². The van der Waals surface area contributed by atoms with Crippen molar-refractivity contribution in [1.82, 2.24) is 15.6 Å². The van der Waals surface area contributed by atoms with E-state index in [1.807, 2.05) is 42.5 Å². The highest BCUT2D eigenvalue weighted by Crippen LogP contribution is 2.16. The molecule has 0 aliphatic heterocycles. The van der Waals surface area contributed by atoms with Crippen molar-refractivity contribution < 1.29 is 4.74 Å². The number of nitrogens with zero attached hydrogens (tertiary/aromatic N) is 2. The fraction of sp³-hybridized carbons (Fsp3) is 0.368. The van der Waals surface area contributed by atoms with Crippen LogP contribution in [0, 0.1) is 0 Å². The van der Waals surface area contributed by atoms with E-state index < -0.39 is 0 Å². The number of guanidine groups is 1. The molecule has 0 saturated carbocycles. The third-order valence-electron chi connectivity index (χ3n) is 3.73. The quantitative estimate of drug-likeness (QED) is 0.228. The van der Waals surface area contributed by atoms with Crippen LogP contribution in [-0.2, 0) is 6.54 Å². The second-order valence-electron chi connectivity index (χ2n) is 5.51. The number of nitrogens with one attached hydrogen (secondary N) is 3. The van der Waals surface area contributed by atoms with Crippen molar-refractivity contribution in [2.75, 3.05) is 32.6 Å². The van der Waals surface area contributed by atoms with Gasteiger partial charge in [0.05, 0.1) is 7.11 Å². The number of rotatable bonds is 9. The monoisotopic (exact) mass is 469 g/mol. The SMILES string of the molecule is CN=C(NCCCCNc1ccccn1)NCc1ccccc1OC.I. The van der Waals surface area contributed by atoms with Crippen LogP contribution in [0.1, 0.15) is 18.4 Å². The number of aliphatic imine (C=N–C) groups is 1. The molecule has 3 N–H and O–H groups in total. The zero-order chi connectivity index (χ0) is 17.7. The highest BCUT2D eigenvalue weighted by molar-refractivity contribution is 14.0. The lowest BCUT2D eigenvalue weighted by Gasteiger charge is -2.13. The van der Waals surface area contributed by atoms with Crippen molar-refractivity contribution >= 4 is 35.8 Å². The first kappa shape index (κ1) is 22.0. The number of benzene rings is 1. The van der Waals surface area contributed by atoms with Crippen LogP contribution in [0.4, 0.5) is 5.82 Å². The minimum Gasteiger partial charge on any atom is -0.496 e. The van der Waals surface area contributed by atoms with Gasteiger partial charge in [-0.3, -0.25) is 4.99 Å². The number of hydrogen-bond donors (Lipinski definition) is 3. The van der Waals surface area contributed by atoms with E-state index in [2.05, 4.69) is 25.9 Å². The lowest BCUT2D eigenvalue weighted by Crippen LogP contribution is -2.37. The number of methoxy groups -OCH3 is 1. The first-order chi connectivity index (χ1) is 12.3. The Balaban J connectivity index is 0.00000338. The smallest absolute Gasteiger partial charge is 0.191 e. The van der Waals surface area contributed by atoms with Crippen LogP contribution in [-0.4, -0.2) is 38.2 Å². The molecule has 0 amide bonds. The predicted octanol–water partition coefficient (Wildman–Crippen LogP) is 3.27. The fourth-order valence-electron chi connectivity index (χ4n) is 2.39. The molecule has 0 radical (unpaired) electrons. The second-order valence-corrected chi connectivity index (χ2v) is 5.51. The summed E-state index contributed by atoms with van der Waals surface area (Å²) < 4.78 is 5.36. The molecule has 1 aromatic carbocycles. The first-order valence-corrected chi connectivity index (χ1v) is 8.55. The Labute approximate surface area is 172 Å². The van der Waals surface area contributed by atoms with E-state index in [0.29, 0.717) is 6.54 Å². The number of unbranched alkanes of at least 4 members (excludes halogenated alkanes) is 1. The number of aromatic nitrogens is 1. The number of hydrogen-bond acceptors (Lipinski definition) is 4. The second kappa shape index (κ2) is 13.2. The molecule has 142 valence electrons. The Hall–Kier alpha value is -2.03. The number of para-hydroxylation sites is 1. The van der Waals surface area contributed by atoms with Crippen molar-refractivity contribution in [2.45, 2.75) is 19.4 Å². The van der Waals surface area contributed by atoms with E-state index in [9.17, 15) is 0 Å². The molecule has 0 atom stereocenters. The Morgan fingerprint density at radius 2 is 1.81 bits per heavy atom. The van der Waals surface area contributed by atoms with Crippen molar-refractivity contribution in [3.8, 4) is 5.75 Å². The van der Waals surface area contributed by atoms with Crippen LogP contribution < -0.4 is 20.7 Å². The summed E-state index contributed by atoms with van der Waals surface area (Å²) in [5.41, 5.74) is 1.10. The van der Waals surface area contributed by atoms with Crippen molar-refractivity contribution in [3.63, 3.8) is 0 Å². The van der Waals surface area contributed by atoms with Gasteiger partial charge in [0.25, 0.3) is 0 Å². The molecule has 7 heteroatoms. The number of ether oxygens (including phenoxy) is 1. The van der Waals surface area contributed by atoms with Crippen LogP contribution >= 0.6 is 24.0 Å². The van der Waals surface area contributed by atoms with Gasteiger partial charge in [0, 0.05) is 38.4 Å². The topological polar surface area (TPSA) is 70.6 Å². The van der Waals surface area contributed by atoms with Crippen LogP contribution in [0.15, 0.2) is 53.7 Å². The highest BCUT2D eigenvalue weighted by Gasteiger charge is 2.03. The molecule has 26 heavy (non-hydrogen) atoms. The molecule has 0 aliphatic rings. The van der Waals surface area contributed by atoms with Gasteiger partial charge in [-0.25, -0.2) is 4.98 Å². The van der Waals surface area contributed by atoms with Crippen molar-refractivity contribution in [3.05, 3.63) is 54.2 Å². The molecule has 0 saturated heterocycles. The van der Waals surface area contributed by atoms with Gasteiger partial charge < -0.3 is 20.7 Å². The van der Waals surface area contributed by atoms with E-state index in [1.165, 1.54) is 0 Å². The van der Waals surface area contributed by atoms with E-state index in [0.717, 1.165) is 49.0 Å². The molecule has 0 spiro atoms. The molecule has 1 aromatic heterocycles. The number of halogens is 1. The molecular weight excluding hydrogens is 441 g/mol. The molecule has 0 bridgehead atoms. The molecule has 0 aliphatic carbocycles. The Kier molecular flexibility index (Phi) is 11.2. The Morgan fingerprint density at radius 1 is 1.04 bits per heavy atom. The largest absolute Gasteiger partial charge is 0.496 e. The van der Waals surface area contributed by atoms with Crippen LogP contribution in [0.25, 0.3) is 0 Å². The summed E-state index contributed by atoms with van der Waals surface area (Å²) in [4.78, 5) is 8.49. The average molecular weight is 469 g/mol. The standard InChI is InChI=1S/C19H27N5O.HI/c1-20-19(24-15-16-9-3-4-10-17(16)25-2)23-14-8-7-13-22-18-11-5-6-12-21-18;/h3-6,9-12H,7-8,13-15H2,1-2H3,(H,21,22)(H2,20,23,24);1H. The van der Waals surface area contributed by atoms with Crippen LogP contribution in [0.5, 0.6) is 5.75 Å². The number of pyridine rings is 1. The van der Waals surface area contributed by atoms with Gasteiger partial charge in [0.15, 0.2) is 5.96 Å². The summed E-state index contributed by atoms with van der Waals surface area (Å²) in [6.07, 6.45) is 3.91. The third kappa shape index (κ3) is 7.90. The van der Waals surface area contributed by atoms with E-state index in [4.69, 9.17) is 4.74 Å². The zero-order valence-electron chi connectivity index (χ0n) is 15.4. The van der Waals surface area contributed by atoms with Crippen molar-refractivity contribution in [1.29, 1.82) is 0 Å². The zero-order valence-corrected chi connectivity index (χ0v) is 17.7. The summed E-state index contributed by atoms with van der Waals surface area (Å²) >= 11 is 0. The van der Waals surface area contributed by atoms with Gasteiger partial charge in [-0.1, -0.05) is 24.3 Å². The lowest BCUT2D eigenvalue weighted by molar-refractivity contribution is 0.409. The van der Waals surface area contributed by atoms with Gasteiger partial charge in [-0.05, 0) is 31.0 Å². The van der Waals surface area contributed by atoms with E-state index >= 15 is 0 Å². The van der Waals surface area contributed by atoms with Gasteiger partial charge in [-0.2, -0.15) is 0 Å². The summed E-state index contributed by atoms with van der Waals surface area (Å²) in [5, 5.41) is 9.95.